The summed E-state index contributed by atoms with van der Waals surface area (Å²) in [5, 5.41) is 10.5. The van der Waals surface area contributed by atoms with E-state index >= 15 is 0 Å². The fourth-order valence-electron chi connectivity index (χ4n) is 2.14. The molecule has 0 aliphatic carbocycles. The molecule has 7 heteroatoms. The number of rotatable bonds is 4. The molecule has 2 aromatic heterocycles. The lowest BCUT2D eigenvalue weighted by Crippen LogP contribution is -2.42. The Morgan fingerprint density at radius 3 is 2.95 bits per heavy atom. The maximum Gasteiger partial charge on any atom is 0.240 e. The Morgan fingerprint density at radius 2 is 2.21 bits per heavy atom. The summed E-state index contributed by atoms with van der Waals surface area (Å²) in [4.78, 5) is 11.2. The summed E-state index contributed by atoms with van der Waals surface area (Å²) in [7, 11) is 0. The molecule has 1 aliphatic rings. The van der Waals surface area contributed by atoms with E-state index in [1.54, 1.807) is 11.3 Å². The smallest absolute Gasteiger partial charge is 0.240 e. The number of nitrogens with one attached hydrogen (secondary N) is 1. The summed E-state index contributed by atoms with van der Waals surface area (Å²) in [5.74, 6) is 1.42. The van der Waals surface area contributed by atoms with Crippen LogP contribution in [-0.2, 0) is 13.0 Å². The number of nitrogens with zero attached hydrogens (tertiary/aromatic N) is 4. The topological polar surface area (TPSA) is 67.1 Å². The fourth-order valence-corrected chi connectivity index (χ4v) is 2.75. The first-order chi connectivity index (χ1) is 9.29. The summed E-state index contributed by atoms with van der Waals surface area (Å²) in [6.45, 7) is 6.86. The minimum absolute atomic E-state index is 0.648. The number of aromatic nitrogens is 3. The molecule has 0 spiro atoms. The van der Waals surface area contributed by atoms with Gasteiger partial charge in [-0.2, -0.15) is 4.98 Å². The highest BCUT2D eigenvalue weighted by Crippen LogP contribution is 2.12. The molecule has 1 saturated heterocycles. The second-order valence-electron chi connectivity index (χ2n) is 4.67. The second-order valence-corrected chi connectivity index (χ2v) is 5.73. The third-order valence-corrected chi connectivity index (χ3v) is 3.91. The molecule has 1 fully saturated rings. The zero-order chi connectivity index (χ0) is 13.1. The van der Waals surface area contributed by atoms with Gasteiger partial charge in [0.2, 0.25) is 5.89 Å². The monoisotopic (exact) mass is 279 g/mol. The number of hydrogen-bond acceptors (Lipinski definition) is 7. The van der Waals surface area contributed by atoms with Crippen LogP contribution in [0.3, 0.4) is 0 Å². The first kappa shape index (κ1) is 12.7. The van der Waals surface area contributed by atoms with Crippen molar-refractivity contribution in [2.75, 3.05) is 26.2 Å². The van der Waals surface area contributed by atoms with Crippen molar-refractivity contribution in [3.8, 4) is 0 Å². The van der Waals surface area contributed by atoms with Gasteiger partial charge in [-0.15, -0.1) is 11.3 Å². The van der Waals surface area contributed by atoms with E-state index in [-0.39, 0.29) is 0 Å². The molecule has 0 saturated carbocycles. The lowest BCUT2D eigenvalue weighted by molar-refractivity contribution is 0.203. The Balaban J connectivity index is 1.59. The van der Waals surface area contributed by atoms with Gasteiger partial charge < -0.3 is 9.84 Å². The first-order valence-corrected chi connectivity index (χ1v) is 7.33. The molecule has 0 amide bonds. The van der Waals surface area contributed by atoms with Gasteiger partial charge in [0.15, 0.2) is 5.82 Å². The molecule has 0 aromatic carbocycles. The highest BCUT2D eigenvalue weighted by molar-refractivity contribution is 7.09. The van der Waals surface area contributed by atoms with Crippen molar-refractivity contribution in [2.45, 2.75) is 19.9 Å². The van der Waals surface area contributed by atoms with Crippen molar-refractivity contribution in [3.63, 3.8) is 0 Å². The van der Waals surface area contributed by atoms with Gasteiger partial charge in [-0.05, 0) is 6.92 Å². The molecule has 1 N–H and O–H groups in total. The maximum atomic E-state index is 5.30. The van der Waals surface area contributed by atoms with Gasteiger partial charge >= 0.3 is 0 Å². The van der Waals surface area contributed by atoms with Gasteiger partial charge in [0.1, 0.15) is 0 Å². The maximum absolute atomic E-state index is 5.30. The van der Waals surface area contributed by atoms with Crippen LogP contribution in [0, 0.1) is 6.92 Å². The molecule has 102 valence electrons. The lowest BCUT2D eigenvalue weighted by Gasteiger charge is -2.25. The van der Waals surface area contributed by atoms with E-state index in [1.165, 1.54) is 0 Å². The highest BCUT2D eigenvalue weighted by atomic mass is 32.1. The van der Waals surface area contributed by atoms with Crippen LogP contribution in [-0.4, -0.2) is 46.2 Å². The molecule has 1 aliphatic heterocycles. The van der Waals surface area contributed by atoms with Gasteiger partial charge in [-0.3, -0.25) is 4.90 Å². The number of aryl methyl sites for hydroxylation is 1. The summed E-state index contributed by atoms with van der Waals surface area (Å²) in [5.41, 5.74) is 1.01. The van der Waals surface area contributed by atoms with Gasteiger partial charge in [0, 0.05) is 31.6 Å². The third kappa shape index (κ3) is 3.37. The van der Waals surface area contributed by atoms with E-state index < -0.39 is 0 Å². The van der Waals surface area contributed by atoms with Crippen molar-refractivity contribution in [3.05, 3.63) is 27.8 Å². The van der Waals surface area contributed by atoms with Crippen LogP contribution in [0.4, 0.5) is 0 Å². The van der Waals surface area contributed by atoms with Gasteiger partial charge in [0.05, 0.1) is 23.7 Å². The SMILES string of the molecule is Cc1nc(Cc2noc(CN3CCNCC3)n2)cs1. The van der Waals surface area contributed by atoms with E-state index in [2.05, 4.69) is 25.3 Å². The summed E-state index contributed by atoms with van der Waals surface area (Å²) in [6.07, 6.45) is 0.648. The van der Waals surface area contributed by atoms with Crippen LogP contribution in [0.2, 0.25) is 0 Å². The molecule has 2 aromatic rings. The largest absolute Gasteiger partial charge is 0.338 e. The van der Waals surface area contributed by atoms with Gasteiger partial charge in [-0.25, -0.2) is 4.98 Å². The average Bonchev–Trinajstić information content (AvgIpc) is 3.01. The summed E-state index contributed by atoms with van der Waals surface area (Å²) in [6, 6.07) is 0. The number of thiazole rings is 1. The Morgan fingerprint density at radius 1 is 1.37 bits per heavy atom. The minimum atomic E-state index is 0.648. The van der Waals surface area contributed by atoms with E-state index in [1.807, 2.05) is 12.3 Å². The van der Waals surface area contributed by atoms with E-state index in [9.17, 15) is 0 Å². The molecular weight excluding hydrogens is 262 g/mol. The van der Waals surface area contributed by atoms with Crippen LogP contribution < -0.4 is 5.32 Å². The second kappa shape index (κ2) is 5.77. The first-order valence-electron chi connectivity index (χ1n) is 6.45. The average molecular weight is 279 g/mol. The quantitative estimate of drug-likeness (QED) is 0.894. The Kier molecular flexibility index (Phi) is 3.86. The van der Waals surface area contributed by atoms with Crippen molar-refractivity contribution in [1.29, 1.82) is 0 Å². The van der Waals surface area contributed by atoms with Crippen LogP contribution in [0.25, 0.3) is 0 Å². The Hall–Kier alpha value is -1.31. The summed E-state index contributed by atoms with van der Waals surface area (Å²) >= 11 is 1.65. The van der Waals surface area contributed by atoms with Crippen LogP contribution in [0.1, 0.15) is 22.4 Å². The molecule has 0 bridgehead atoms. The Bertz CT molecular complexity index is 532. The molecule has 0 unspecified atom stereocenters. The van der Waals surface area contributed by atoms with Gasteiger partial charge in [0.25, 0.3) is 0 Å². The number of hydrogen-bond donors (Lipinski definition) is 1. The van der Waals surface area contributed by atoms with Gasteiger partial charge in [-0.1, -0.05) is 5.16 Å². The molecular formula is C12H17N5OS. The predicted molar refractivity (Wildman–Crippen MR) is 72.1 cm³/mol. The lowest BCUT2D eigenvalue weighted by atomic mass is 10.3. The van der Waals surface area contributed by atoms with E-state index in [4.69, 9.17) is 4.52 Å². The Labute approximate surface area is 115 Å². The molecule has 0 radical (unpaired) electrons. The molecule has 6 nitrogen and oxygen atoms in total. The summed E-state index contributed by atoms with van der Waals surface area (Å²) < 4.78 is 5.30. The molecule has 0 atom stereocenters. The third-order valence-electron chi connectivity index (χ3n) is 3.08. The molecule has 3 rings (SSSR count). The predicted octanol–water partition coefficient (Wildman–Crippen LogP) is 0.831. The zero-order valence-corrected chi connectivity index (χ0v) is 11.7. The van der Waals surface area contributed by atoms with Crippen LogP contribution in [0.5, 0.6) is 0 Å². The number of piperazine rings is 1. The van der Waals surface area contributed by atoms with Crippen LogP contribution >= 0.6 is 11.3 Å². The van der Waals surface area contributed by atoms with Crippen LogP contribution in [0.15, 0.2) is 9.90 Å². The highest BCUT2D eigenvalue weighted by Gasteiger charge is 2.14. The van der Waals surface area contributed by atoms with Crippen molar-refractivity contribution in [1.82, 2.24) is 25.3 Å². The van der Waals surface area contributed by atoms with Crippen molar-refractivity contribution >= 4 is 11.3 Å². The van der Waals surface area contributed by atoms with Crippen molar-refractivity contribution in [2.24, 2.45) is 0 Å². The normalized spacial score (nSPS) is 16.9. The van der Waals surface area contributed by atoms with Crippen molar-refractivity contribution < 1.29 is 4.52 Å². The zero-order valence-electron chi connectivity index (χ0n) is 10.9. The fraction of sp³-hybridized carbons (Fsp3) is 0.583. The molecule has 3 heterocycles. The van der Waals surface area contributed by atoms with E-state index in [0.29, 0.717) is 12.3 Å². The minimum Gasteiger partial charge on any atom is -0.338 e. The standard InChI is InChI=1S/C12H17N5OS/c1-9-14-10(8-19-9)6-11-15-12(18-16-11)7-17-4-2-13-3-5-17/h8,13H,2-7H2,1H3. The molecule has 19 heavy (non-hydrogen) atoms. The van der Waals surface area contributed by atoms with E-state index in [0.717, 1.165) is 49.2 Å².